The molecule has 0 bridgehead atoms. The van der Waals surface area contributed by atoms with E-state index in [1.165, 1.54) is 19.4 Å². The van der Waals surface area contributed by atoms with Crippen LogP contribution in [0.1, 0.15) is 12.8 Å². The standard InChI is InChI=1S/C14H22N4/c15-9-12-4-5-13-11-18(8-7-17(13)10-12)14-3-1-2-6-16-14/h1-3,6,12-13H,4-5,7-11,15H2/t12?,13-/m0/s1. The van der Waals surface area contributed by atoms with Gasteiger partial charge in [-0.2, -0.15) is 0 Å². The molecule has 2 fully saturated rings. The fourth-order valence-electron chi connectivity index (χ4n) is 3.20. The molecular weight excluding hydrogens is 224 g/mol. The summed E-state index contributed by atoms with van der Waals surface area (Å²) in [5.74, 6) is 1.83. The van der Waals surface area contributed by atoms with Gasteiger partial charge in [0.15, 0.2) is 0 Å². The van der Waals surface area contributed by atoms with E-state index < -0.39 is 0 Å². The number of piperidine rings is 1. The first-order valence-corrected chi connectivity index (χ1v) is 6.97. The maximum absolute atomic E-state index is 5.80. The van der Waals surface area contributed by atoms with Crippen molar-refractivity contribution in [3.05, 3.63) is 24.4 Å². The summed E-state index contributed by atoms with van der Waals surface area (Å²) >= 11 is 0. The number of fused-ring (bicyclic) bond motifs is 1. The number of anilines is 1. The predicted octanol–water partition coefficient (Wildman–Crippen LogP) is 0.941. The predicted molar refractivity (Wildman–Crippen MR) is 73.6 cm³/mol. The van der Waals surface area contributed by atoms with E-state index in [2.05, 4.69) is 26.9 Å². The van der Waals surface area contributed by atoms with Gasteiger partial charge in [-0.3, -0.25) is 4.90 Å². The highest BCUT2D eigenvalue weighted by atomic mass is 15.3. The van der Waals surface area contributed by atoms with Crippen LogP contribution < -0.4 is 10.6 Å². The van der Waals surface area contributed by atoms with Crippen LogP contribution in [0, 0.1) is 5.92 Å². The summed E-state index contributed by atoms with van der Waals surface area (Å²) in [4.78, 5) is 9.50. The van der Waals surface area contributed by atoms with Crippen LogP contribution in [-0.2, 0) is 0 Å². The number of piperazine rings is 1. The SMILES string of the molecule is NCC1CC[C@H]2CN(c3ccccn3)CCN2C1. The molecule has 4 heteroatoms. The van der Waals surface area contributed by atoms with Gasteiger partial charge in [-0.25, -0.2) is 4.98 Å². The van der Waals surface area contributed by atoms with Crippen LogP contribution in [0.4, 0.5) is 5.82 Å². The van der Waals surface area contributed by atoms with Crippen LogP contribution in [0.2, 0.25) is 0 Å². The first-order valence-electron chi connectivity index (χ1n) is 6.97. The molecule has 2 aliphatic heterocycles. The zero-order chi connectivity index (χ0) is 12.4. The van der Waals surface area contributed by atoms with Crippen LogP contribution >= 0.6 is 0 Å². The summed E-state index contributed by atoms with van der Waals surface area (Å²) in [6.45, 7) is 5.39. The molecule has 0 saturated carbocycles. The summed E-state index contributed by atoms with van der Waals surface area (Å²) in [6.07, 6.45) is 4.45. The van der Waals surface area contributed by atoms with E-state index in [9.17, 15) is 0 Å². The molecule has 0 radical (unpaired) electrons. The molecule has 1 aromatic rings. The van der Waals surface area contributed by atoms with Crippen LogP contribution in [0.25, 0.3) is 0 Å². The maximum Gasteiger partial charge on any atom is 0.128 e. The number of nitrogens with two attached hydrogens (primary N) is 1. The zero-order valence-corrected chi connectivity index (χ0v) is 10.8. The topological polar surface area (TPSA) is 45.4 Å². The first-order chi connectivity index (χ1) is 8.86. The van der Waals surface area contributed by atoms with Gasteiger partial charge < -0.3 is 10.6 Å². The van der Waals surface area contributed by atoms with Crippen molar-refractivity contribution >= 4 is 5.82 Å². The molecular formula is C14H22N4. The summed E-state index contributed by atoms with van der Waals surface area (Å²) in [5, 5.41) is 0. The Balaban J connectivity index is 1.65. The lowest BCUT2D eigenvalue weighted by atomic mass is 9.91. The molecule has 4 nitrogen and oxygen atoms in total. The van der Waals surface area contributed by atoms with Crippen molar-refractivity contribution in [1.29, 1.82) is 0 Å². The average molecular weight is 246 g/mol. The van der Waals surface area contributed by atoms with Gasteiger partial charge in [-0.05, 0) is 37.4 Å². The van der Waals surface area contributed by atoms with E-state index in [-0.39, 0.29) is 0 Å². The van der Waals surface area contributed by atoms with Gasteiger partial charge in [0, 0.05) is 38.4 Å². The fraction of sp³-hybridized carbons (Fsp3) is 0.643. The van der Waals surface area contributed by atoms with Crippen LogP contribution in [0.5, 0.6) is 0 Å². The second-order valence-electron chi connectivity index (χ2n) is 5.46. The molecule has 3 heterocycles. The summed E-state index contributed by atoms with van der Waals surface area (Å²) in [6, 6.07) is 6.86. The van der Waals surface area contributed by atoms with Crippen molar-refractivity contribution in [2.24, 2.45) is 11.7 Å². The Labute approximate surface area is 109 Å². The molecule has 1 unspecified atom stereocenters. The first kappa shape index (κ1) is 11.9. The molecule has 0 amide bonds. The van der Waals surface area contributed by atoms with E-state index in [1.807, 2.05) is 12.3 Å². The van der Waals surface area contributed by atoms with Crippen molar-refractivity contribution in [2.45, 2.75) is 18.9 Å². The highest BCUT2D eigenvalue weighted by Gasteiger charge is 2.32. The fourth-order valence-corrected chi connectivity index (χ4v) is 3.20. The number of pyridine rings is 1. The monoisotopic (exact) mass is 246 g/mol. The molecule has 2 atom stereocenters. The van der Waals surface area contributed by atoms with Gasteiger partial charge in [-0.15, -0.1) is 0 Å². The highest BCUT2D eigenvalue weighted by molar-refractivity contribution is 5.38. The molecule has 3 rings (SSSR count). The minimum atomic E-state index is 0.698. The van der Waals surface area contributed by atoms with E-state index in [0.717, 1.165) is 32.0 Å². The van der Waals surface area contributed by atoms with Crippen molar-refractivity contribution in [3.8, 4) is 0 Å². The van der Waals surface area contributed by atoms with Crippen LogP contribution in [0.15, 0.2) is 24.4 Å². The Bertz CT molecular complexity index is 381. The molecule has 0 aromatic carbocycles. The van der Waals surface area contributed by atoms with Gasteiger partial charge >= 0.3 is 0 Å². The van der Waals surface area contributed by atoms with Gasteiger partial charge in [0.2, 0.25) is 0 Å². The third-order valence-corrected chi connectivity index (χ3v) is 4.31. The van der Waals surface area contributed by atoms with Crippen molar-refractivity contribution in [3.63, 3.8) is 0 Å². The van der Waals surface area contributed by atoms with Crippen molar-refractivity contribution < 1.29 is 0 Å². The Morgan fingerprint density at radius 1 is 1.22 bits per heavy atom. The zero-order valence-electron chi connectivity index (χ0n) is 10.8. The third kappa shape index (κ3) is 2.35. The van der Waals surface area contributed by atoms with E-state index in [0.29, 0.717) is 12.0 Å². The van der Waals surface area contributed by atoms with E-state index in [4.69, 9.17) is 5.73 Å². The Morgan fingerprint density at radius 2 is 2.17 bits per heavy atom. The number of nitrogens with zero attached hydrogens (tertiary/aromatic N) is 3. The molecule has 98 valence electrons. The third-order valence-electron chi connectivity index (χ3n) is 4.31. The smallest absolute Gasteiger partial charge is 0.128 e. The lowest BCUT2D eigenvalue weighted by molar-refractivity contribution is 0.0982. The van der Waals surface area contributed by atoms with Crippen molar-refractivity contribution in [2.75, 3.05) is 37.6 Å². The second-order valence-corrected chi connectivity index (χ2v) is 5.46. The molecule has 0 spiro atoms. The van der Waals surface area contributed by atoms with Crippen LogP contribution in [0.3, 0.4) is 0 Å². The largest absolute Gasteiger partial charge is 0.354 e. The van der Waals surface area contributed by atoms with Gasteiger partial charge in [-0.1, -0.05) is 6.07 Å². The lowest BCUT2D eigenvalue weighted by Crippen LogP contribution is -2.57. The Kier molecular flexibility index (Phi) is 3.48. The summed E-state index contributed by atoms with van der Waals surface area (Å²) in [5.41, 5.74) is 5.80. The van der Waals surface area contributed by atoms with Gasteiger partial charge in [0.25, 0.3) is 0 Å². The van der Waals surface area contributed by atoms with E-state index in [1.54, 1.807) is 0 Å². The quantitative estimate of drug-likeness (QED) is 0.843. The van der Waals surface area contributed by atoms with Crippen LogP contribution in [-0.4, -0.2) is 48.6 Å². The number of hydrogen-bond acceptors (Lipinski definition) is 4. The normalized spacial score (nSPS) is 29.1. The van der Waals surface area contributed by atoms with E-state index >= 15 is 0 Å². The second kappa shape index (κ2) is 5.24. The highest BCUT2D eigenvalue weighted by Crippen LogP contribution is 2.26. The van der Waals surface area contributed by atoms with Gasteiger partial charge in [0.1, 0.15) is 5.82 Å². The minimum absolute atomic E-state index is 0.698. The molecule has 2 N–H and O–H groups in total. The number of rotatable bonds is 2. The number of aromatic nitrogens is 1. The molecule has 1 aromatic heterocycles. The van der Waals surface area contributed by atoms with Gasteiger partial charge in [0.05, 0.1) is 0 Å². The molecule has 2 aliphatic rings. The number of hydrogen-bond donors (Lipinski definition) is 1. The Hall–Kier alpha value is -1.13. The summed E-state index contributed by atoms with van der Waals surface area (Å²) in [7, 11) is 0. The average Bonchev–Trinajstić information content (AvgIpc) is 2.47. The molecule has 0 aliphatic carbocycles. The maximum atomic E-state index is 5.80. The lowest BCUT2D eigenvalue weighted by Gasteiger charge is -2.46. The Morgan fingerprint density at radius 3 is 2.94 bits per heavy atom. The molecule has 18 heavy (non-hydrogen) atoms. The summed E-state index contributed by atoms with van der Waals surface area (Å²) < 4.78 is 0. The minimum Gasteiger partial charge on any atom is -0.354 e. The van der Waals surface area contributed by atoms with Crippen molar-refractivity contribution in [1.82, 2.24) is 9.88 Å². The molecule has 2 saturated heterocycles.